The Morgan fingerprint density at radius 3 is 2.61 bits per heavy atom. The van der Waals surface area contributed by atoms with Gasteiger partial charge in [0, 0.05) is 48.2 Å². The summed E-state index contributed by atoms with van der Waals surface area (Å²) in [6.45, 7) is 1.53. The first kappa shape index (κ1) is 21.3. The number of nitrogens with zero attached hydrogens (tertiary/aromatic N) is 5. The van der Waals surface area contributed by atoms with Crippen LogP contribution >= 0.6 is 11.6 Å². The number of carbonyl (C=O) groups excluding carboxylic acids is 2. The van der Waals surface area contributed by atoms with E-state index in [9.17, 15) is 9.59 Å². The summed E-state index contributed by atoms with van der Waals surface area (Å²) in [6.07, 6.45) is 6.43. The van der Waals surface area contributed by atoms with Gasteiger partial charge < -0.3 is 9.64 Å². The summed E-state index contributed by atoms with van der Waals surface area (Å²) >= 11 is 5.98. The molecule has 2 aromatic heterocycles. The van der Waals surface area contributed by atoms with E-state index in [4.69, 9.17) is 16.3 Å². The number of halogens is 1. The second-order valence-corrected chi connectivity index (χ2v) is 8.73. The van der Waals surface area contributed by atoms with E-state index in [-0.39, 0.29) is 12.0 Å². The van der Waals surface area contributed by atoms with Crippen LogP contribution in [0.15, 0.2) is 61.2 Å². The minimum absolute atomic E-state index is 0.135. The molecule has 0 aliphatic carbocycles. The summed E-state index contributed by atoms with van der Waals surface area (Å²) in [6, 6.07) is 12.5. The number of benzene rings is 1. The fraction of sp³-hybridized carbons (Fsp3) is 0.292. The summed E-state index contributed by atoms with van der Waals surface area (Å²) in [4.78, 5) is 41.8. The van der Waals surface area contributed by atoms with E-state index in [1.165, 1.54) is 6.33 Å². The molecule has 1 aromatic carbocycles. The molecule has 8 nitrogen and oxygen atoms in total. The number of hydrogen-bond donors (Lipinski definition) is 0. The van der Waals surface area contributed by atoms with Gasteiger partial charge in [-0.1, -0.05) is 17.7 Å². The van der Waals surface area contributed by atoms with Gasteiger partial charge in [-0.3, -0.25) is 9.69 Å². The molecule has 2 fully saturated rings. The lowest BCUT2D eigenvalue weighted by Crippen LogP contribution is -2.37. The summed E-state index contributed by atoms with van der Waals surface area (Å²) in [5.74, 6) is -0.135. The van der Waals surface area contributed by atoms with Gasteiger partial charge in [0.15, 0.2) is 0 Å². The minimum atomic E-state index is -0.609. The third-order valence-electron chi connectivity index (χ3n) is 6.12. The molecule has 2 saturated heterocycles. The molecule has 0 saturated carbocycles. The highest BCUT2D eigenvalue weighted by molar-refractivity contribution is 6.30. The highest BCUT2D eigenvalue weighted by atomic mass is 35.5. The number of ether oxygens (including phenoxy) is 1. The Morgan fingerprint density at radius 1 is 1.03 bits per heavy atom. The fourth-order valence-electron chi connectivity index (χ4n) is 4.38. The van der Waals surface area contributed by atoms with Crippen molar-refractivity contribution in [3.05, 3.63) is 71.9 Å². The van der Waals surface area contributed by atoms with Crippen molar-refractivity contribution in [2.75, 3.05) is 24.5 Å². The molecule has 2 aliphatic heterocycles. The molecule has 0 bridgehead atoms. The molecule has 3 aromatic rings. The Labute approximate surface area is 196 Å². The van der Waals surface area contributed by atoms with Crippen LogP contribution in [-0.4, -0.2) is 57.1 Å². The maximum absolute atomic E-state index is 13.2. The van der Waals surface area contributed by atoms with E-state index < -0.39 is 5.60 Å². The average molecular weight is 464 g/mol. The van der Waals surface area contributed by atoms with Crippen LogP contribution in [-0.2, 0) is 4.74 Å². The highest BCUT2D eigenvalue weighted by Gasteiger charge is 2.46. The number of amides is 2. The van der Waals surface area contributed by atoms with Crippen molar-refractivity contribution >= 4 is 29.3 Å². The molecule has 4 heterocycles. The van der Waals surface area contributed by atoms with Crippen LogP contribution in [0.4, 0.5) is 10.5 Å². The summed E-state index contributed by atoms with van der Waals surface area (Å²) < 4.78 is 5.86. The molecule has 33 heavy (non-hydrogen) atoms. The Hall–Kier alpha value is -3.52. The lowest BCUT2D eigenvalue weighted by atomic mass is 9.95. The van der Waals surface area contributed by atoms with Gasteiger partial charge in [0.25, 0.3) is 5.91 Å². The maximum atomic E-state index is 13.2. The molecular weight excluding hydrogens is 442 g/mol. The SMILES string of the molecule is O=C(c1cccc(-c2cncnc2)n1)N1CCC[C@@]2(CC1)CN(c1ccc(Cl)cc1)C(=O)O2. The topological polar surface area (TPSA) is 88.5 Å². The number of hydrogen-bond acceptors (Lipinski definition) is 6. The Morgan fingerprint density at radius 2 is 1.82 bits per heavy atom. The fourth-order valence-corrected chi connectivity index (χ4v) is 4.51. The maximum Gasteiger partial charge on any atom is 0.415 e. The molecule has 2 amide bonds. The smallest absolute Gasteiger partial charge is 0.415 e. The van der Waals surface area contributed by atoms with Gasteiger partial charge in [0.1, 0.15) is 17.6 Å². The number of pyridine rings is 1. The lowest BCUT2D eigenvalue weighted by molar-refractivity contribution is 0.0438. The Balaban J connectivity index is 1.29. The van der Waals surface area contributed by atoms with E-state index in [0.717, 1.165) is 17.7 Å². The molecule has 1 spiro atoms. The predicted octanol–water partition coefficient (Wildman–Crippen LogP) is 4.21. The Bertz CT molecular complexity index is 1170. The molecular formula is C24H22ClN5O3. The van der Waals surface area contributed by atoms with Crippen molar-refractivity contribution in [2.45, 2.75) is 24.9 Å². The van der Waals surface area contributed by atoms with E-state index in [2.05, 4.69) is 15.0 Å². The number of likely N-dealkylation sites (tertiary alicyclic amines) is 1. The van der Waals surface area contributed by atoms with Crippen LogP contribution in [0.25, 0.3) is 11.3 Å². The monoisotopic (exact) mass is 463 g/mol. The zero-order valence-corrected chi connectivity index (χ0v) is 18.6. The molecule has 1 atom stereocenters. The van der Waals surface area contributed by atoms with Crippen molar-refractivity contribution < 1.29 is 14.3 Å². The molecule has 9 heteroatoms. The molecule has 168 valence electrons. The van der Waals surface area contributed by atoms with Crippen molar-refractivity contribution in [3.8, 4) is 11.3 Å². The molecule has 0 N–H and O–H groups in total. The molecule has 0 radical (unpaired) electrons. The summed E-state index contributed by atoms with van der Waals surface area (Å²) in [7, 11) is 0. The first-order valence-corrected chi connectivity index (χ1v) is 11.2. The van der Waals surface area contributed by atoms with Gasteiger partial charge in [-0.25, -0.2) is 19.7 Å². The second-order valence-electron chi connectivity index (χ2n) is 8.29. The zero-order chi connectivity index (χ0) is 22.8. The van der Waals surface area contributed by atoms with Crippen molar-refractivity contribution in [3.63, 3.8) is 0 Å². The predicted molar refractivity (Wildman–Crippen MR) is 123 cm³/mol. The second kappa shape index (κ2) is 8.78. The number of carbonyl (C=O) groups is 2. The Kier molecular flexibility index (Phi) is 5.68. The molecule has 2 aliphatic rings. The lowest BCUT2D eigenvalue weighted by Gasteiger charge is -2.25. The van der Waals surface area contributed by atoms with E-state index >= 15 is 0 Å². The van der Waals surface area contributed by atoms with Crippen LogP contribution < -0.4 is 4.90 Å². The normalized spacial score (nSPS) is 20.6. The van der Waals surface area contributed by atoms with Gasteiger partial charge in [0.05, 0.1) is 12.2 Å². The van der Waals surface area contributed by atoms with Crippen molar-refractivity contribution in [2.24, 2.45) is 0 Å². The number of anilines is 1. The molecule has 5 rings (SSSR count). The van der Waals surface area contributed by atoms with Crippen LogP contribution in [0.3, 0.4) is 0 Å². The van der Waals surface area contributed by atoms with Gasteiger partial charge >= 0.3 is 6.09 Å². The van der Waals surface area contributed by atoms with Crippen LogP contribution in [0.5, 0.6) is 0 Å². The van der Waals surface area contributed by atoms with Gasteiger partial charge in [0.2, 0.25) is 0 Å². The van der Waals surface area contributed by atoms with Crippen LogP contribution in [0.1, 0.15) is 29.8 Å². The third-order valence-corrected chi connectivity index (χ3v) is 6.37. The first-order chi connectivity index (χ1) is 16.0. The third kappa shape index (κ3) is 4.39. The van der Waals surface area contributed by atoms with E-state index in [0.29, 0.717) is 48.9 Å². The van der Waals surface area contributed by atoms with Crippen LogP contribution in [0, 0.1) is 0 Å². The average Bonchev–Trinajstić information content (AvgIpc) is 3.03. The highest BCUT2D eigenvalue weighted by Crippen LogP contribution is 2.36. The summed E-state index contributed by atoms with van der Waals surface area (Å²) in [5, 5.41) is 0.613. The first-order valence-electron chi connectivity index (χ1n) is 10.8. The van der Waals surface area contributed by atoms with Crippen LogP contribution in [0.2, 0.25) is 5.02 Å². The van der Waals surface area contributed by atoms with Gasteiger partial charge in [-0.15, -0.1) is 0 Å². The van der Waals surface area contributed by atoms with Crippen molar-refractivity contribution in [1.82, 2.24) is 19.9 Å². The zero-order valence-electron chi connectivity index (χ0n) is 17.9. The largest absolute Gasteiger partial charge is 0.441 e. The van der Waals surface area contributed by atoms with E-state index in [1.807, 2.05) is 24.3 Å². The summed E-state index contributed by atoms with van der Waals surface area (Å²) in [5.41, 5.74) is 1.92. The quantitative estimate of drug-likeness (QED) is 0.578. The minimum Gasteiger partial charge on any atom is -0.441 e. The standard InChI is InChI=1S/C24H22ClN5O3/c25-18-5-7-19(8-6-18)30-15-24(33-23(30)32)9-2-11-29(12-10-24)22(31)21-4-1-3-20(28-21)17-13-26-16-27-14-17/h1,3-8,13-14,16H,2,9-12,15H2/t24-/m1/s1. The van der Waals surface area contributed by atoms with Crippen molar-refractivity contribution in [1.29, 1.82) is 0 Å². The number of rotatable bonds is 3. The van der Waals surface area contributed by atoms with Gasteiger partial charge in [-0.05, 0) is 49.2 Å². The van der Waals surface area contributed by atoms with Gasteiger partial charge in [-0.2, -0.15) is 0 Å². The number of aromatic nitrogens is 3. The molecule has 0 unspecified atom stereocenters. The van der Waals surface area contributed by atoms with E-state index in [1.54, 1.807) is 40.4 Å².